The summed E-state index contributed by atoms with van der Waals surface area (Å²) in [5.41, 5.74) is 22.8. The zero-order chi connectivity index (χ0) is 67.5. The zero-order valence-electron chi connectivity index (χ0n) is 51.5. The van der Waals surface area contributed by atoms with Crippen LogP contribution in [-0.2, 0) is 98.8 Å². The summed E-state index contributed by atoms with van der Waals surface area (Å²) in [5.74, 6) is -5.83. The number of aliphatic carboxylic acids is 2. The lowest BCUT2D eigenvalue weighted by Gasteiger charge is -2.15. The number of amides is 4. The van der Waals surface area contributed by atoms with Gasteiger partial charge in [0.15, 0.2) is 11.6 Å². The summed E-state index contributed by atoms with van der Waals surface area (Å²) in [6, 6.07) is 14.3. The smallest absolute Gasteiger partial charge is 0.335 e. The summed E-state index contributed by atoms with van der Waals surface area (Å²) in [6.07, 6.45) is 7.39. The molecule has 1 aliphatic heterocycles. The van der Waals surface area contributed by atoms with Gasteiger partial charge in [0.05, 0.1) is 85.2 Å². The molecule has 0 bridgehead atoms. The van der Waals surface area contributed by atoms with E-state index in [0.29, 0.717) is 66.6 Å². The molecule has 1 saturated heterocycles. The van der Waals surface area contributed by atoms with Crippen molar-refractivity contribution in [3.05, 3.63) is 60.2 Å². The van der Waals surface area contributed by atoms with E-state index in [9.17, 15) is 59.7 Å². The van der Waals surface area contributed by atoms with E-state index in [1.165, 1.54) is 0 Å². The van der Waals surface area contributed by atoms with Crippen LogP contribution in [0.5, 0.6) is 0 Å². The van der Waals surface area contributed by atoms with Gasteiger partial charge in [0.2, 0.25) is 11.8 Å². The Hall–Kier alpha value is -8.34. The molecule has 1 aliphatic rings. The summed E-state index contributed by atoms with van der Waals surface area (Å²) >= 11 is 0. The first kappa shape index (κ1) is 74.4. The predicted molar refractivity (Wildman–Crippen MR) is 337 cm³/mol. The number of carbonyl (C=O) groups excluding carboxylic acids is 6. The van der Waals surface area contributed by atoms with Crippen molar-refractivity contribution < 1.29 is 88.8 Å². The van der Waals surface area contributed by atoms with Crippen LogP contribution in [0.3, 0.4) is 0 Å². The molecule has 2 atom stereocenters. The van der Waals surface area contributed by atoms with Gasteiger partial charge in [-0.3, -0.25) is 42.7 Å². The molecular weight excluding hydrogens is 1240 g/mol. The minimum absolute atomic E-state index is 0.00973. The summed E-state index contributed by atoms with van der Waals surface area (Å²) in [7, 11) is -8.81. The second kappa shape index (κ2) is 36.6. The number of ketones is 1. The van der Waals surface area contributed by atoms with Crippen molar-refractivity contribution in [3.8, 4) is 0 Å². The Balaban J connectivity index is 0.000000270. The summed E-state index contributed by atoms with van der Waals surface area (Å²) in [6.45, 7) is 6.00. The fourth-order valence-electron chi connectivity index (χ4n) is 9.66. The molecule has 0 spiro atoms. The Labute approximate surface area is 530 Å². The first-order valence-corrected chi connectivity index (χ1v) is 33.4. The van der Waals surface area contributed by atoms with E-state index < -0.39 is 97.4 Å². The van der Waals surface area contributed by atoms with Gasteiger partial charge in [0.1, 0.15) is 34.5 Å². The average molecular weight is 1330 g/mol. The number of carboxylic acid groups (broad SMARTS) is 2. The summed E-state index contributed by atoms with van der Waals surface area (Å²) in [4.78, 5) is 114. The minimum Gasteiger partial charge on any atom is -0.481 e. The van der Waals surface area contributed by atoms with Gasteiger partial charge in [-0.05, 0) is 50.7 Å². The molecule has 1 fully saturated rings. The summed E-state index contributed by atoms with van der Waals surface area (Å²) in [5, 5.41) is 24.6. The van der Waals surface area contributed by atoms with E-state index in [2.05, 4.69) is 48.4 Å². The number of nitrogens with zero attached hydrogens (tertiary/aromatic N) is 7. The number of imidazole rings is 2. The largest absolute Gasteiger partial charge is 0.481 e. The number of para-hydroxylation sites is 2. The third kappa shape index (κ3) is 24.0. The molecular formula is C59H82N12O19S2. The molecule has 4 aromatic heterocycles. The van der Waals surface area contributed by atoms with E-state index in [1.54, 1.807) is 0 Å². The van der Waals surface area contributed by atoms with Crippen molar-refractivity contribution >= 4 is 123 Å². The van der Waals surface area contributed by atoms with Crippen LogP contribution in [0.1, 0.15) is 122 Å². The lowest BCUT2D eigenvalue weighted by atomic mass is 10.0. The highest BCUT2D eigenvalue weighted by atomic mass is 32.2. The van der Waals surface area contributed by atoms with Crippen LogP contribution in [0.4, 0.5) is 11.6 Å². The van der Waals surface area contributed by atoms with Crippen LogP contribution in [0.15, 0.2) is 48.5 Å². The number of hydroxylamine groups is 2. The van der Waals surface area contributed by atoms with Crippen LogP contribution in [0.25, 0.3) is 43.9 Å². The number of rotatable bonds is 37. The van der Waals surface area contributed by atoms with Crippen LogP contribution >= 0.6 is 0 Å². The topological polar surface area (TPSA) is 480 Å². The van der Waals surface area contributed by atoms with E-state index >= 15 is 0 Å². The third-order valence-corrected chi connectivity index (χ3v) is 15.8. The van der Waals surface area contributed by atoms with Crippen LogP contribution in [0.2, 0.25) is 0 Å². The van der Waals surface area contributed by atoms with Crippen LogP contribution in [0, 0.1) is 5.92 Å². The molecule has 2 aromatic carbocycles. The number of hydrogen-bond donors (Lipinski definition) is 9. The van der Waals surface area contributed by atoms with Gasteiger partial charge < -0.3 is 61.5 Å². The van der Waals surface area contributed by atoms with Gasteiger partial charge in [-0.15, -0.1) is 5.06 Å². The van der Waals surface area contributed by atoms with Gasteiger partial charge in [0, 0.05) is 75.5 Å². The monoisotopic (exact) mass is 1330 g/mol. The number of unbranched alkanes of at least 4 members (excludes halogenated alkanes) is 4. The fourth-order valence-corrected chi connectivity index (χ4v) is 11.0. The molecule has 31 nitrogen and oxygen atoms in total. The average Bonchev–Trinajstić information content (AvgIpc) is 1.59. The van der Waals surface area contributed by atoms with Crippen molar-refractivity contribution in [2.45, 2.75) is 142 Å². The fraction of sp³-hybridized carbons (Fsp3) is 0.525. The highest BCUT2D eigenvalue weighted by Gasteiger charge is 2.33. The maximum absolute atomic E-state index is 12.8. The molecule has 33 heteroatoms. The van der Waals surface area contributed by atoms with Crippen LogP contribution in [-0.4, -0.2) is 175 Å². The number of ether oxygens (including phenoxy) is 2. The van der Waals surface area contributed by atoms with Crippen molar-refractivity contribution in [1.29, 1.82) is 0 Å². The van der Waals surface area contributed by atoms with Crippen molar-refractivity contribution in [1.82, 2.24) is 44.8 Å². The van der Waals surface area contributed by atoms with E-state index in [1.807, 2.05) is 48.5 Å². The first-order chi connectivity index (χ1) is 43.7. The Kier molecular flexibility index (Phi) is 29.6. The summed E-state index contributed by atoms with van der Waals surface area (Å²) < 4.78 is 77.1. The van der Waals surface area contributed by atoms with Crippen molar-refractivity contribution in [3.63, 3.8) is 0 Å². The molecule has 504 valence electrons. The number of pyridine rings is 2. The molecule has 5 heterocycles. The Bertz CT molecular complexity index is 3770. The number of fused-ring (bicyclic) bond motifs is 6. The predicted octanol–water partition coefficient (Wildman–Crippen LogP) is 3.85. The third-order valence-electron chi connectivity index (χ3n) is 14.2. The number of imide groups is 1. The van der Waals surface area contributed by atoms with E-state index in [0.717, 1.165) is 89.4 Å². The Morgan fingerprint density at radius 1 is 0.598 bits per heavy atom. The molecule has 0 unspecified atom stereocenters. The number of carbonyl (C=O) groups is 8. The molecule has 0 radical (unpaired) electrons. The number of carboxylic acids is 2. The molecule has 12 N–H and O–H groups in total. The van der Waals surface area contributed by atoms with Crippen molar-refractivity contribution in [2.24, 2.45) is 11.7 Å². The normalized spacial score (nSPS) is 13.2. The van der Waals surface area contributed by atoms with Gasteiger partial charge >= 0.3 is 17.9 Å². The second-order valence-electron chi connectivity index (χ2n) is 21.6. The maximum Gasteiger partial charge on any atom is 0.335 e. The lowest BCUT2D eigenvalue weighted by Crippen LogP contribution is -2.45. The molecule has 6 aromatic rings. The number of anilines is 2. The Morgan fingerprint density at radius 2 is 1.03 bits per heavy atom. The molecule has 4 amide bonds. The standard InChI is InChI=1S/C28H39N5O8S.C21H30N6O4S.C10H13NO7/c1-2-3-10-23-32-25-26(21-8-4-5-9-22(21)31-27(25)29)33(23)14-7-6-13-30-28(37)19(18-42(38,39)40)17-20(34)11-15-41-16-12-24(35)36;1-2-3-10-17-26-18-19(14-8-4-5-9-16(14)25-20(18)23)27(17)12-7-6-11-24-21(28)15(22)13-32(29,30)31;12-7-1-2-8(13)11(7)18-10(16)4-6-17-5-3-9(14)15/h4-5,8-9,19H,2-3,6-7,10-18H2,1H3,(H2,29,31)(H,30,37)(H,35,36)(H,38,39,40);4-5,8-9,15H,2-3,6-7,10-13,22H2,1H3,(H2,23,25)(H,24,28)(H,29,30,31);1-6H2,(H,14,15)/t19-;15-;/m00./s1. The lowest BCUT2D eigenvalue weighted by molar-refractivity contribution is -0.198. The number of aryl methyl sites for hydroxylation is 4. The highest BCUT2D eigenvalue weighted by Crippen LogP contribution is 2.31. The van der Waals surface area contributed by atoms with E-state index in [4.69, 9.17) is 51.4 Å². The quantitative estimate of drug-likeness (QED) is 0.0152. The SMILES string of the molecule is CCCCc1nc2c(N)nc3ccccc3c2n1CCCCNC(=O)[C@@H](CC(=O)CCOCCC(=O)O)CS(=O)(=O)O.CCCCc1nc2c(N)nc3ccccc3c2n1CCCCNC(=O)[C@@H](N)CS(=O)(=O)O.O=C(O)CCOCCC(=O)ON1C(=O)CCC1=O. The number of nitrogen functional groups attached to an aromatic ring is 2. The molecule has 0 saturated carbocycles. The van der Waals surface area contributed by atoms with Gasteiger partial charge in [-0.1, -0.05) is 63.1 Å². The van der Waals surface area contributed by atoms with Crippen LogP contribution < -0.4 is 27.8 Å². The van der Waals surface area contributed by atoms with Gasteiger partial charge in [-0.2, -0.15) is 16.8 Å². The first-order valence-electron chi connectivity index (χ1n) is 30.2. The van der Waals surface area contributed by atoms with Gasteiger partial charge in [0.25, 0.3) is 32.1 Å². The Morgan fingerprint density at radius 3 is 1.48 bits per heavy atom. The maximum atomic E-state index is 12.8. The highest BCUT2D eigenvalue weighted by molar-refractivity contribution is 7.86. The molecule has 0 aliphatic carbocycles. The number of Topliss-reactive ketones (excluding diaryl/α,β-unsaturated/α-hetero) is 1. The van der Waals surface area contributed by atoms with E-state index in [-0.39, 0.29) is 71.5 Å². The molecule has 92 heavy (non-hydrogen) atoms. The number of nitrogens with one attached hydrogen (secondary N) is 2. The molecule has 7 rings (SSSR count). The minimum atomic E-state index is -4.51. The second-order valence-corrected chi connectivity index (χ2v) is 24.6. The number of nitrogens with two attached hydrogens (primary N) is 3. The number of aromatic nitrogens is 6. The van der Waals surface area contributed by atoms with Crippen molar-refractivity contribution in [2.75, 3.05) is 62.5 Å². The number of benzene rings is 2. The number of hydrogen-bond acceptors (Lipinski definition) is 22. The van der Waals surface area contributed by atoms with Gasteiger partial charge in [-0.25, -0.2) is 24.7 Å². The zero-order valence-corrected chi connectivity index (χ0v) is 53.1.